The Labute approximate surface area is 259 Å². The maximum atomic E-state index is 14.3. The number of alkyl halides is 3. The number of aromatic nitrogens is 2. The molecule has 1 aromatic carbocycles. The van der Waals surface area contributed by atoms with E-state index in [9.17, 15) is 18.0 Å². The Kier molecular flexibility index (Phi) is 9.17. The highest BCUT2D eigenvalue weighted by atomic mass is 79.9. The van der Waals surface area contributed by atoms with Crippen LogP contribution in [-0.2, 0) is 27.2 Å². The van der Waals surface area contributed by atoms with Gasteiger partial charge in [-0.25, -0.2) is 0 Å². The molecule has 43 heavy (non-hydrogen) atoms. The first-order valence-electron chi connectivity index (χ1n) is 14.8. The number of rotatable bonds is 8. The van der Waals surface area contributed by atoms with Crippen molar-refractivity contribution in [1.29, 1.82) is 0 Å². The Morgan fingerprint density at radius 2 is 1.95 bits per heavy atom. The van der Waals surface area contributed by atoms with Crippen LogP contribution in [0, 0.1) is 5.41 Å². The molecule has 0 N–H and O–H groups in total. The molecule has 2 aromatic heterocycles. The summed E-state index contributed by atoms with van der Waals surface area (Å²) in [5, 5.41) is 0.734. The molecule has 2 saturated heterocycles. The number of nitrogens with zero attached hydrogens (tertiary/aromatic N) is 4. The number of benzene rings is 1. The molecule has 2 aliphatic heterocycles. The van der Waals surface area contributed by atoms with E-state index in [1.54, 1.807) is 12.1 Å². The molecule has 7 nitrogen and oxygen atoms in total. The van der Waals surface area contributed by atoms with Gasteiger partial charge in [-0.15, -0.1) is 0 Å². The molecule has 4 heterocycles. The van der Waals surface area contributed by atoms with Gasteiger partial charge >= 0.3 is 12.1 Å². The largest absolute Gasteiger partial charge is 0.465 e. The molecule has 0 amide bonds. The number of piperazine rings is 1. The van der Waals surface area contributed by atoms with Crippen LogP contribution in [0.3, 0.4) is 0 Å². The highest BCUT2D eigenvalue weighted by Gasteiger charge is 2.35. The number of hydrogen-bond acceptors (Lipinski definition) is 6. The van der Waals surface area contributed by atoms with Gasteiger partial charge < -0.3 is 18.9 Å². The molecule has 234 valence electrons. The molecule has 0 saturated carbocycles. The number of ether oxygens (including phenoxy) is 2. The van der Waals surface area contributed by atoms with Crippen LogP contribution in [0.2, 0.25) is 0 Å². The van der Waals surface area contributed by atoms with Crippen molar-refractivity contribution in [2.75, 3.05) is 50.9 Å². The van der Waals surface area contributed by atoms with Gasteiger partial charge in [0, 0.05) is 59.5 Å². The first-order valence-corrected chi connectivity index (χ1v) is 15.6. The van der Waals surface area contributed by atoms with Crippen molar-refractivity contribution in [3.63, 3.8) is 0 Å². The number of carbonyl (C=O) groups excluding carboxylic acids is 1. The molecule has 1 atom stereocenters. The second kappa shape index (κ2) is 12.4. The summed E-state index contributed by atoms with van der Waals surface area (Å²) in [6, 6.07) is 7.70. The fourth-order valence-corrected chi connectivity index (χ4v) is 6.68. The Hall–Kier alpha value is -2.63. The van der Waals surface area contributed by atoms with E-state index in [0.29, 0.717) is 29.8 Å². The van der Waals surface area contributed by atoms with Crippen molar-refractivity contribution in [1.82, 2.24) is 14.5 Å². The Morgan fingerprint density at radius 3 is 2.65 bits per heavy atom. The van der Waals surface area contributed by atoms with E-state index < -0.39 is 24.1 Å². The quantitative estimate of drug-likeness (QED) is 0.247. The molecule has 0 spiro atoms. The van der Waals surface area contributed by atoms with Gasteiger partial charge in [-0.1, -0.05) is 43.6 Å². The van der Waals surface area contributed by atoms with Gasteiger partial charge in [0.15, 0.2) is 0 Å². The van der Waals surface area contributed by atoms with Crippen LogP contribution in [-0.4, -0.2) is 78.6 Å². The summed E-state index contributed by atoms with van der Waals surface area (Å²) in [7, 11) is 0. The number of fused-ring (bicyclic) bond motifs is 2. The van der Waals surface area contributed by atoms with E-state index in [-0.39, 0.29) is 18.6 Å². The van der Waals surface area contributed by atoms with Crippen LogP contribution in [0.5, 0.6) is 0 Å². The van der Waals surface area contributed by atoms with Crippen molar-refractivity contribution in [3.05, 3.63) is 46.2 Å². The van der Waals surface area contributed by atoms with E-state index in [4.69, 9.17) is 14.5 Å². The first kappa shape index (κ1) is 31.8. The second-order valence-corrected chi connectivity index (χ2v) is 13.7. The molecule has 0 radical (unpaired) electrons. The Morgan fingerprint density at radius 1 is 1.19 bits per heavy atom. The Bertz CT molecular complexity index is 1490. The molecule has 0 unspecified atom stereocenters. The number of morpholine rings is 1. The minimum Gasteiger partial charge on any atom is -0.465 e. The summed E-state index contributed by atoms with van der Waals surface area (Å²) in [6.45, 7) is 13.1. The number of pyridine rings is 1. The normalized spacial score (nSPS) is 18.4. The number of anilines is 1. The molecule has 0 bridgehead atoms. The lowest BCUT2D eigenvalue weighted by Gasteiger charge is -2.44. The zero-order valence-corrected chi connectivity index (χ0v) is 27.0. The lowest BCUT2D eigenvalue weighted by atomic mass is 9.84. The lowest BCUT2D eigenvalue weighted by molar-refractivity contribution is -0.144. The molecule has 3 aromatic rings. The fraction of sp³-hybridized carbons (Fsp3) is 0.562. The Balaban J connectivity index is 1.71. The van der Waals surface area contributed by atoms with Crippen LogP contribution in [0.4, 0.5) is 18.9 Å². The SMILES string of the molecule is CC(=O)OCC(C)(C)Cc1c(-c2cc(N3CCN4CCOC[C@@H]4C3)cnc2C(C)C)n(CC(F)(F)F)c2ccc(Br)cc12. The maximum Gasteiger partial charge on any atom is 0.406 e. The summed E-state index contributed by atoms with van der Waals surface area (Å²) in [4.78, 5) is 21.3. The summed E-state index contributed by atoms with van der Waals surface area (Å²) < 4.78 is 56.1. The number of hydrogen-bond donors (Lipinski definition) is 0. The van der Waals surface area contributed by atoms with Crippen molar-refractivity contribution in [2.45, 2.75) is 65.7 Å². The average molecular weight is 666 g/mol. The van der Waals surface area contributed by atoms with Gasteiger partial charge in [-0.2, -0.15) is 13.2 Å². The van der Waals surface area contributed by atoms with Crippen molar-refractivity contribution >= 4 is 38.5 Å². The van der Waals surface area contributed by atoms with Crippen molar-refractivity contribution < 1.29 is 27.4 Å². The van der Waals surface area contributed by atoms with E-state index >= 15 is 0 Å². The standard InChI is InChI=1S/C32H40BrF3N4O3/c1-20(2)29-26(13-23(15-37-29)39-9-8-38-10-11-42-17-24(38)16-39)30-27(14-31(4,5)19-43-21(3)41)25-12-22(33)6-7-28(25)40(30)18-32(34,35)36/h6-7,12-13,15,20,24H,8-11,14,16-19H2,1-5H3/t24-/m0/s1. The smallest absolute Gasteiger partial charge is 0.406 e. The molecule has 2 aliphatic rings. The number of esters is 1. The second-order valence-electron chi connectivity index (χ2n) is 12.8. The van der Waals surface area contributed by atoms with Gasteiger partial charge in [0.2, 0.25) is 0 Å². The van der Waals surface area contributed by atoms with Crippen LogP contribution in [0.25, 0.3) is 22.2 Å². The molecule has 0 aliphatic carbocycles. The van der Waals surface area contributed by atoms with Crippen molar-refractivity contribution in [3.8, 4) is 11.3 Å². The highest BCUT2D eigenvalue weighted by Crippen LogP contribution is 2.43. The third kappa shape index (κ3) is 7.20. The minimum atomic E-state index is -4.45. The van der Waals surface area contributed by atoms with Crippen LogP contribution in [0.1, 0.15) is 51.8 Å². The molecular weight excluding hydrogens is 625 g/mol. The monoisotopic (exact) mass is 664 g/mol. The van der Waals surface area contributed by atoms with E-state index in [1.165, 1.54) is 11.5 Å². The van der Waals surface area contributed by atoms with Crippen molar-refractivity contribution in [2.24, 2.45) is 5.41 Å². The molecule has 11 heteroatoms. The van der Waals surface area contributed by atoms with E-state index in [1.807, 2.05) is 46.0 Å². The average Bonchev–Trinajstić information content (AvgIpc) is 3.21. The minimum absolute atomic E-state index is 0.0290. The zero-order chi connectivity index (χ0) is 31.1. The topological polar surface area (TPSA) is 59.8 Å². The van der Waals surface area contributed by atoms with Gasteiger partial charge in [-0.3, -0.25) is 14.7 Å². The zero-order valence-electron chi connectivity index (χ0n) is 25.4. The van der Waals surface area contributed by atoms with E-state index in [2.05, 4.69) is 25.7 Å². The maximum absolute atomic E-state index is 14.3. The predicted molar refractivity (Wildman–Crippen MR) is 166 cm³/mol. The number of halogens is 4. The van der Waals surface area contributed by atoms with Gasteiger partial charge in [0.25, 0.3) is 0 Å². The lowest BCUT2D eigenvalue weighted by Crippen LogP contribution is -2.58. The van der Waals surface area contributed by atoms with E-state index in [0.717, 1.165) is 59.6 Å². The molecule has 2 fully saturated rings. The summed E-state index contributed by atoms with van der Waals surface area (Å²) >= 11 is 3.54. The molecular formula is C32H40BrF3N4O3. The number of carbonyl (C=O) groups is 1. The first-order chi connectivity index (χ1) is 20.2. The summed E-state index contributed by atoms with van der Waals surface area (Å²) in [5.41, 5.74) is 3.59. The summed E-state index contributed by atoms with van der Waals surface area (Å²) in [5.74, 6) is -0.420. The highest BCUT2D eigenvalue weighted by molar-refractivity contribution is 9.10. The summed E-state index contributed by atoms with van der Waals surface area (Å²) in [6.07, 6.45) is -2.19. The predicted octanol–water partition coefficient (Wildman–Crippen LogP) is 6.80. The third-order valence-electron chi connectivity index (χ3n) is 8.30. The van der Waals surface area contributed by atoms with Crippen LogP contribution in [0.15, 0.2) is 34.9 Å². The van der Waals surface area contributed by atoms with Crippen LogP contribution < -0.4 is 4.90 Å². The molecule has 5 rings (SSSR count). The fourth-order valence-electron chi connectivity index (χ4n) is 6.32. The van der Waals surface area contributed by atoms with Gasteiger partial charge in [0.1, 0.15) is 6.54 Å². The van der Waals surface area contributed by atoms with Crippen LogP contribution >= 0.6 is 15.9 Å². The van der Waals surface area contributed by atoms with Gasteiger partial charge in [0.05, 0.1) is 49.1 Å². The van der Waals surface area contributed by atoms with Gasteiger partial charge in [-0.05, 0) is 42.2 Å². The third-order valence-corrected chi connectivity index (χ3v) is 8.79.